The van der Waals surface area contributed by atoms with E-state index in [1.807, 2.05) is 6.07 Å². The largest absolute Gasteiger partial charge is 0.341 e. The average molecular weight is 365 g/mol. The van der Waals surface area contributed by atoms with Crippen molar-refractivity contribution in [2.45, 2.75) is 13.0 Å². The van der Waals surface area contributed by atoms with Crippen molar-refractivity contribution in [1.29, 1.82) is 0 Å². The van der Waals surface area contributed by atoms with Gasteiger partial charge in [0.15, 0.2) is 0 Å². The Morgan fingerprint density at radius 3 is 2.74 bits per heavy atom. The fourth-order valence-corrected chi connectivity index (χ4v) is 3.25. The highest BCUT2D eigenvalue weighted by atomic mass is 19.1. The third kappa shape index (κ3) is 3.29. The Bertz CT molecular complexity index is 1060. The Morgan fingerprint density at radius 2 is 1.96 bits per heavy atom. The Kier molecular flexibility index (Phi) is 4.15. The number of nitrogens with zero attached hydrogens (tertiary/aromatic N) is 2. The lowest BCUT2D eigenvalue weighted by Gasteiger charge is -2.30. The van der Waals surface area contributed by atoms with Gasteiger partial charge in [0.25, 0.3) is 0 Å². The van der Waals surface area contributed by atoms with Crippen molar-refractivity contribution in [3.8, 4) is 0 Å². The predicted octanol–water partition coefficient (Wildman–Crippen LogP) is 3.18. The van der Waals surface area contributed by atoms with Crippen molar-refractivity contribution in [3.05, 3.63) is 60.0 Å². The van der Waals surface area contributed by atoms with Crippen LogP contribution < -0.4 is 10.6 Å². The van der Waals surface area contributed by atoms with Gasteiger partial charge in [0, 0.05) is 16.8 Å². The van der Waals surface area contributed by atoms with Crippen molar-refractivity contribution in [1.82, 2.24) is 15.5 Å². The van der Waals surface area contributed by atoms with Crippen LogP contribution in [0.5, 0.6) is 0 Å². The minimum Gasteiger partial charge on any atom is -0.328 e. The Morgan fingerprint density at radius 1 is 1.19 bits per heavy atom. The van der Waals surface area contributed by atoms with Gasteiger partial charge < -0.3 is 10.6 Å². The number of carbonyl (C=O) groups is 2. The molecule has 4 rings (SSSR count). The topological polar surface area (TPSA) is 99.2 Å². The summed E-state index contributed by atoms with van der Waals surface area (Å²) in [7, 11) is 0. The molecule has 7 nitrogen and oxygen atoms in total. The molecule has 3 amide bonds. The van der Waals surface area contributed by atoms with Gasteiger partial charge in [0.05, 0.1) is 17.8 Å². The van der Waals surface area contributed by atoms with Crippen LogP contribution in [-0.4, -0.2) is 27.8 Å². The van der Waals surface area contributed by atoms with Crippen molar-refractivity contribution >= 4 is 34.2 Å². The fourth-order valence-electron chi connectivity index (χ4n) is 3.25. The summed E-state index contributed by atoms with van der Waals surface area (Å²) in [5.74, 6) is -1.41. The number of H-pyrrole nitrogens is 1. The highest BCUT2D eigenvalue weighted by Crippen LogP contribution is 2.28. The monoisotopic (exact) mass is 365 g/mol. The lowest BCUT2D eigenvalue weighted by Crippen LogP contribution is -2.45. The number of aromatic nitrogens is 2. The molecule has 0 fully saturated rings. The maximum atomic E-state index is 13.3. The number of aliphatic imine (C=N–C) groups is 1. The number of nitrogens with one attached hydrogen (secondary N) is 3. The van der Waals surface area contributed by atoms with E-state index < -0.39 is 18.0 Å². The minimum atomic E-state index is -0.715. The van der Waals surface area contributed by atoms with Gasteiger partial charge in [-0.3, -0.25) is 9.89 Å². The van der Waals surface area contributed by atoms with E-state index in [-0.39, 0.29) is 11.7 Å². The first kappa shape index (κ1) is 16.9. The number of carbonyl (C=O) groups excluding carboxylic acids is 2. The number of anilines is 1. The molecule has 2 aromatic carbocycles. The predicted molar refractivity (Wildman–Crippen MR) is 99.0 cm³/mol. The summed E-state index contributed by atoms with van der Waals surface area (Å²) < 4.78 is 13.3. The third-order valence-corrected chi connectivity index (χ3v) is 4.56. The summed E-state index contributed by atoms with van der Waals surface area (Å²) in [6, 6.07) is 9.93. The molecule has 8 heteroatoms. The Balaban J connectivity index is 1.64. The van der Waals surface area contributed by atoms with Crippen LogP contribution in [0.25, 0.3) is 10.9 Å². The maximum absolute atomic E-state index is 13.3. The molecule has 3 N–H and O–H groups in total. The molecule has 2 atom stereocenters. The second kappa shape index (κ2) is 6.64. The maximum Gasteiger partial charge on any atom is 0.341 e. The zero-order valence-corrected chi connectivity index (χ0v) is 14.4. The molecule has 1 aromatic heterocycles. The summed E-state index contributed by atoms with van der Waals surface area (Å²) in [5.41, 5.74) is 2.50. The lowest BCUT2D eigenvalue weighted by molar-refractivity contribution is -0.118. The number of fused-ring (bicyclic) bond motifs is 1. The molecule has 27 heavy (non-hydrogen) atoms. The first-order valence-corrected chi connectivity index (χ1v) is 8.36. The molecule has 2 heterocycles. The van der Waals surface area contributed by atoms with Gasteiger partial charge in [-0.15, -0.1) is 0 Å². The molecule has 0 saturated carbocycles. The number of aromatic amines is 1. The van der Waals surface area contributed by atoms with Crippen molar-refractivity contribution in [2.75, 3.05) is 5.32 Å². The molecule has 3 aromatic rings. The van der Waals surface area contributed by atoms with Gasteiger partial charge in [0.1, 0.15) is 11.7 Å². The van der Waals surface area contributed by atoms with Crippen LogP contribution in [0.4, 0.5) is 14.9 Å². The number of hydrogen-bond acceptors (Lipinski definition) is 3. The van der Waals surface area contributed by atoms with E-state index in [0.29, 0.717) is 17.0 Å². The molecule has 1 aliphatic heterocycles. The zero-order chi connectivity index (χ0) is 19.0. The number of urea groups is 1. The highest BCUT2D eigenvalue weighted by molar-refractivity contribution is 6.13. The first-order chi connectivity index (χ1) is 13.0. The summed E-state index contributed by atoms with van der Waals surface area (Å²) >= 11 is 0. The molecule has 136 valence electrons. The van der Waals surface area contributed by atoms with Gasteiger partial charge in [-0.25, -0.2) is 14.2 Å². The van der Waals surface area contributed by atoms with E-state index in [0.717, 1.165) is 10.9 Å². The summed E-state index contributed by atoms with van der Waals surface area (Å²) in [6.45, 7) is 1.64. The Hall–Kier alpha value is -3.55. The lowest BCUT2D eigenvalue weighted by atomic mass is 9.87. The van der Waals surface area contributed by atoms with E-state index in [1.165, 1.54) is 12.1 Å². The van der Waals surface area contributed by atoms with E-state index in [9.17, 15) is 14.0 Å². The van der Waals surface area contributed by atoms with Gasteiger partial charge in [-0.1, -0.05) is 12.1 Å². The molecule has 1 aliphatic rings. The Labute approximate surface area is 153 Å². The minimum absolute atomic E-state index is 0.312. The quantitative estimate of drug-likeness (QED) is 0.665. The van der Waals surface area contributed by atoms with Crippen molar-refractivity contribution in [2.24, 2.45) is 10.9 Å². The second-order valence-electron chi connectivity index (χ2n) is 6.37. The third-order valence-electron chi connectivity index (χ3n) is 4.56. The molecule has 0 saturated heterocycles. The summed E-state index contributed by atoms with van der Waals surface area (Å²) in [6.07, 6.45) is 1.67. The van der Waals surface area contributed by atoms with Crippen LogP contribution in [0, 0.1) is 11.7 Å². The SMILES string of the molecule is CC1=NC(=O)NC(c2ccc(F)cc2)C1C(=O)Nc1ccc2[nH]ncc2c1. The molecular formula is C19H16FN5O2. The van der Waals surface area contributed by atoms with E-state index in [2.05, 4.69) is 25.8 Å². The average Bonchev–Trinajstić information content (AvgIpc) is 3.09. The number of rotatable bonds is 3. The van der Waals surface area contributed by atoms with Crippen molar-refractivity contribution < 1.29 is 14.0 Å². The van der Waals surface area contributed by atoms with Crippen LogP contribution in [-0.2, 0) is 4.79 Å². The summed E-state index contributed by atoms with van der Waals surface area (Å²) in [4.78, 5) is 28.7. The van der Waals surface area contributed by atoms with Gasteiger partial charge in [-0.05, 0) is 42.8 Å². The van der Waals surface area contributed by atoms with Crippen LogP contribution in [0.2, 0.25) is 0 Å². The van der Waals surface area contributed by atoms with Crippen LogP contribution in [0.1, 0.15) is 18.5 Å². The van der Waals surface area contributed by atoms with E-state index in [4.69, 9.17) is 0 Å². The summed E-state index contributed by atoms with van der Waals surface area (Å²) in [5, 5.41) is 13.2. The first-order valence-electron chi connectivity index (χ1n) is 8.36. The standard InChI is InChI=1S/C19H16FN5O2/c1-10-16(17(24-19(27)22-10)11-2-4-13(20)5-3-11)18(26)23-14-6-7-15-12(8-14)9-21-25-15/h2-9,16-17H,1H3,(H,21,25)(H,23,26)(H,24,27). The van der Waals surface area contributed by atoms with Gasteiger partial charge >= 0.3 is 6.03 Å². The number of hydrogen-bond donors (Lipinski definition) is 3. The molecule has 0 aliphatic carbocycles. The smallest absolute Gasteiger partial charge is 0.328 e. The normalized spacial score (nSPS) is 19.5. The molecule has 0 spiro atoms. The molecule has 0 radical (unpaired) electrons. The molecule has 2 unspecified atom stereocenters. The number of benzene rings is 2. The van der Waals surface area contributed by atoms with Crippen LogP contribution in [0.15, 0.2) is 53.7 Å². The van der Waals surface area contributed by atoms with Crippen molar-refractivity contribution in [3.63, 3.8) is 0 Å². The van der Waals surface area contributed by atoms with Crippen LogP contribution >= 0.6 is 0 Å². The fraction of sp³-hybridized carbons (Fsp3) is 0.158. The second-order valence-corrected chi connectivity index (χ2v) is 6.37. The van der Waals surface area contributed by atoms with E-state index in [1.54, 1.807) is 37.4 Å². The zero-order valence-electron chi connectivity index (χ0n) is 14.4. The van der Waals surface area contributed by atoms with E-state index >= 15 is 0 Å². The molecular weight excluding hydrogens is 349 g/mol. The number of halogens is 1. The van der Waals surface area contributed by atoms with Gasteiger partial charge in [-0.2, -0.15) is 5.10 Å². The molecule has 0 bridgehead atoms. The number of amides is 3. The highest BCUT2D eigenvalue weighted by Gasteiger charge is 2.36. The van der Waals surface area contributed by atoms with Crippen LogP contribution in [0.3, 0.4) is 0 Å². The van der Waals surface area contributed by atoms with Gasteiger partial charge in [0.2, 0.25) is 5.91 Å².